The Kier molecular flexibility index (Phi) is 6.22. The highest BCUT2D eigenvalue weighted by molar-refractivity contribution is 8.16. The van der Waals surface area contributed by atoms with E-state index in [4.69, 9.17) is 14.7 Å². The number of thioether (sulfide) groups is 1. The predicted octanol–water partition coefficient (Wildman–Crippen LogP) is 6.22. The third kappa shape index (κ3) is 4.55. The lowest BCUT2D eigenvalue weighted by atomic mass is 9.97. The molecular formula is C26H28N4O2S. The molecule has 5 rings (SSSR count). The van der Waals surface area contributed by atoms with Gasteiger partial charge in [-0.1, -0.05) is 35.5 Å². The summed E-state index contributed by atoms with van der Waals surface area (Å²) in [5, 5.41) is 0.947. The molecule has 33 heavy (non-hydrogen) atoms. The summed E-state index contributed by atoms with van der Waals surface area (Å²) in [6, 6.07) is 14.0. The topological polar surface area (TPSA) is 59.7 Å². The van der Waals surface area contributed by atoms with Crippen molar-refractivity contribution in [3.05, 3.63) is 65.2 Å². The summed E-state index contributed by atoms with van der Waals surface area (Å²) >= 11 is 1.72. The van der Waals surface area contributed by atoms with Crippen LogP contribution in [0.5, 0.6) is 0 Å². The lowest BCUT2D eigenvalue weighted by molar-refractivity contribution is 0.0601. The van der Waals surface area contributed by atoms with Crippen LogP contribution in [0.1, 0.15) is 48.0 Å². The number of ether oxygens (including phenoxy) is 1. The second-order valence-corrected chi connectivity index (χ2v) is 9.46. The number of methoxy groups -OCH3 is 1. The molecule has 2 aromatic carbocycles. The van der Waals surface area contributed by atoms with E-state index in [9.17, 15) is 4.79 Å². The predicted molar refractivity (Wildman–Crippen MR) is 135 cm³/mol. The third-order valence-corrected chi connectivity index (χ3v) is 7.21. The fourth-order valence-corrected chi connectivity index (χ4v) is 5.18. The number of rotatable bonds is 6. The van der Waals surface area contributed by atoms with Crippen LogP contribution in [-0.2, 0) is 11.3 Å². The molecule has 0 spiro atoms. The van der Waals surface area contributed by atoms with Crippen LogP contribution >= 0.6 is 11.8 Å². The van der Waals surface area contributed by atoms with Gasteiger partial charge in [0, 0.05) is 12.2 Å². The molecule has 0 radical (unpaired) electrons. The summed E-state index contributed by atoms with van der Waals surface area (Å²) in [5.41, 5.74) is 6.16. The zero-order chi connectivity index (χ0) is 22.8. The number of allylic oxidation sites excluding steroid dienone is 2. The van der Waals surface area contributed by atoms with E-state index >= 15 is 0 Å². The van der Waals surface area contributed by atoms with Crippen molar-refractivity contribution in [3.8, 4) is 0 Å². The first-order valence-electron chi connectivity index (χ1n) is 11.4. The van der Waals surface area contributed by atoms with Gasteiger partial charge in [0.1, 0.15) is 0 Å². The van der Waals surface area contributed by atoms with E-state index in [1.54, 1.807) is 23.9 Å². The SMILES string of the molecule is COC(=O)c1ccc2c(c1)nc(/N=C1\SCN1c1cccc(C)c1)n2CCC1=CCCCC1. The summed E-state index contributed by atoms with van der Waals surface area (Å²) in [4.78, 5) is 24.1. The molecule has 0 N–H and O–H groups in total. The number of fused-ring (bicyclic) bond motifs is 1. The van der Waals surface area contributed by atoms with Crippen LogP contribution in [0.15, 0.2) is 59.1 Å². The molecule has 3 aromatic rings. The number of aliphatic imine (C=N–C) groups is 1. The zero-order valence-electron chi connectivity index (χ0n) is 19.1. The monoisotopic (exact) mass is 460 g/mol. The van der Waals surface area contributed by atoms with E-state index in [1.165, 1.54) is 43.9 Å². The van der Waals surface area contributed by atoms with Gasteiger partial charge in [0.15, 0.2) is 5.17 Å². The second kappa shape index (κ2) is 9.43. The Labute approximate surface area is 198 Å². The van der Waals surface area contributed by atoms with E-state index in [0.717, 1.165) is 40.7 Å². The number of carbonyl (C=O) groups is 1. The Hall–Kier alpha value is -3.06. The molecule has 2 heterocycles. The van der Waals surface area contributed by atoms with Crippen LogP contribution in [0.3, 0.4) is 0 Å². The van der Waals surface area contributed by atoms with Gasteiger partial charge in [-0.15, -0.1) is 0 Å². The Bertz CT molecular complexity index is 1260. The van der Waals surface area contributed by atoms with Gasteiger partial charge in [0.25, 0.3) is 0 Å². The molecule has 1 fully saturated rings. The number of aryl methyl sites for hydroxylation is 2. The first-order valence-corrected chi connectivity index (χ1v) is 12.4. The van der Waals surface area contributed by atoms with Crippen LogP contribution in [0, 0.1) is 6.92 Å². The van der Waals surface area contributed by atoms with Gasteiger partial charge < -0.3 is 14.2 Å². The number of imidazole rings is 1. The van der Waals surface area contributed by atoms with Gasteiger partial charge >= 0.3 is 5.97 Å². The highest BCUT2D eigenvalue weighted by atomic mass is 32.2. The Morgan fingerprint density at radius 1 is 1.21 bits per heavy atom. The number of hydrogen-bond acceptors (Lipinski definition) is 5. The van der Waals surface area contributed by atoms with Gasteiger partial charge in [-0.3, -0.25) is 0 Å². The smallest absolute Gasteiger partial charge is 0.337 e. The van der Waals surface area contributed by atoms with Gasteiger partial charge in [0.2, 0.25) is 5.95 Å². The number of hydrogen-bond donors (Lipinski definition) is 0. The van der Waals surface area contributed by atoms with Crippen LogP contribution in [0.25, 0.3) is 11.0 Å². The Balaban J connectivity index is 1.50. The minimum Gasteiger partial charge on any atom is -0.465 e. The van der Waals surface area contributed by atoms with Gasteiger partial charge in [-0.05, 0) is 74.9 Å². The van der Waals surface area contributed by atoms with Crippen molar-refractivity contribution in [3.63, 3.8) is 0 Å². The quantitative estimate of drug-likeness (QED) is 0.323. The Morgan fingerprint density at radius 3 is 2.85 bits per heavy atom. The van der Waals surface area contributed by atoms with E-state index in [0.29, 0.717) is 11.5 Å². The average Bonchev–Trinajstić information content (AvgIpc) is 3.17. The number of esters is 1. The molecule has 0 amide bonds. The van der Waals surface area contributed by atoms with Crippen molar-refractivity contribution in [2.75, 3.05) is 17.9 Å². The molecule has 1 aromatic heterocycles. The van der Waals surface area contributed by atoms with Crippen molar-refractivity contribution in [1.82, 2.24) is 9.55 Å². The molecule has 170 valence electrons. The maximum atomic E-state index is 12.0. The number of anilines is 1. The molecule has 1 aliphatic carbocycles. The van der Waals surface area contributed by atoms with Crippen LogP contribution in [-0.4, -0.2) is 33.7 Å². The first kappa shape index (κ1) is 21.8. The van der Waals surface area contributed by atoms with Crippen LogP contribution in [0.2, 0.25) is 0 Å². The molecule has 1 aliphatic heterocycles. The summed E-state index contributed by atoms with van der Waals surface area (Å²) in [7, 11) is 1.40. The average molecular weight is 461 g/mol. The van der Waals surface area contributed by atoms with Crippen molar-refractivity contribution < 1.29 is 9.53 Å². The standard InChI is InChI=1S/C26H28N4O2S/c1-18-7-6-10-21(15-18)30-17-33-26(30)28-25-27-22-16-20(24(31)32-2)11-12-23(22)29(25)14-13-19-8-4-3-5-9-19/h6-8,10-12,15-16H,3-5,9,13-14,17H2,1-2H3/b28-26-. The van der Waals surface area contributed by atoms with E-state index in [2.05, 4.69) is 46.7 Å². The minimum absolute atomic E-state index is 0.355. The number of nitrogens with zero attached hydrogens (tertiary/aromatic N) is 4. The highest BCUT2D eigenvalue weighted by Crippen LogP contribution is 2.34. The van der Waals surface area contributed by atoms with Crippen molar-refractivity contribution in [2.45, 2.75) is 45.6 Å². The van der Waals surface area contributed by atoms with E-state index in [1.807, 2.05) is 6.07 Å². The van der Waals surface area contributed by atoms with Gasteiger partial charge in [-0.2, -0.15) is 4.99 Å². The molecule has 0 bridgehead atoms. The summed E-state index contributed by atoms with van der Waals surface area (Å²) in [5.74, 6) is 1.21. The molecular weight excluding hydrogens is 432 g/mol. The fraction of sp³-hybridized carbons (Fsp3) is 0.346. The lowest BCUT2D eigenvalue weighted by Crippen LogP contribution is -2.38. The number of carbonyl (C=O) groups excluding carboxylic acids is 1. The molecule has 2 aliphatic rings. The molecule has 7 heteroatoms. The largest absolute Gasteiger partial charge is 0.465 e. The summed E-state index contributed by atoms with van der Waals surface area (Å²) < 4.78 is 7.08. The number of amidine groups is 1. The Morgan fingerprint density at radius 2 is 2.12 bits per heavy atom. The fourth-order valence-electron chi connectivity index (χ4n) is 4.40. The third-order valence-electron chi connectivity index (χ3n) is 6.25. The van der Waals surface area contributed by atoms with Gasteiger partial charge in [-0.25, -0.2) is 9.78 Å². The summed E-state index contributed by atoms with van der Waals surface area (Å²) in [6.45, 7) is 2.92. The van der Waals surface area contributed by atoms with Crippen molar-refractivity contribution in [1.29, 1.82) is 0 Å². The lowest BCUT2D eigenvalue weighted by Gasteiger charge is -2.33. The second-order valence-electron chi connectivity index (χ2n) is 8.55. The minimum atomic E-state index is -0.355. The normalized spacial score (nSPS) is 17.2. The zero-order valence-corrected chi connectivity index (χ0v) is 19.9. The van der Waals surface area contributed by atoms with Crippen molar-refractivity contribution >= 4 is 45.6 Å². The number of benzene rings is 2. The maximum Gasteiger partial charge on any atom is 0.337 e. The summed E-state index contributed by atoms with van der Waals surface area (Å²) in [6.07, 6.45) is 8.32. The van der Waals surface area contributed by atoms with Crippen molar-refractivity contribution in [2.24, 2.45) is 4.99 Å². The van der Waals surface area contributed by atoms with Crippen LogP contribution in [0.4, 0.5) is 11.6 Å². The van der Waals surface area contributed by atoms with E-state index < -0.39 is 0 Å². The molecule has 1 saturated heterocycles. The molecule has 0 unspecified atom stereocenters. The first-order chi connectivity index (χ1) is 16.1. The maximum absolute atomic E-state index is 12.0. The number of aromatic nitrogens is 2. The van der Waals surface area contributed by atoms with Crippen LogP contribution < -0.4 is 4.90 Å². The van der Waals surface area contributed by atoms with Gasteiger partial charge in [0.05, 0.1) is 29.6 Å². The van der Waals surface area contributed by atoms with E-state index in [-0.39, 0.29) is 5.97 Å². The molecule has 0 atom stereocenters. The molecule has 6 nitrogen and oxygen atoms in total. The highest BCUT2D eigenvalue weighted by Gasteiger charge is 2.26. The molecule has 0 saturated carbocycles.